The van der Waals surface area contributed by atoms with E-state index in [0.717, 1.165) is 6.54 Å². The summed E-state index contributed by atoms with van der Waals surface area (Å²) in [6, 6.07) is 0. The molecule has 0 radical (unpaired) electrons. The van der Waals surface area contributed by atoms with E-state index in [2.05, 4.69) is 17.3 Å². The summed E-state index contributed by atoms with van der Waals surface area (Å²) in [5.41, 5.74) is 0.688. The van der Waals surface area contributed by atoms with Gasteiger partial charge in [-0.15, -0.1) is 0 Å². The third-order valence-electron chi connectivity index (χ3n) is 4.35. The quantitative estimate of drug-likeness (QED) is 0.663. The lowest BCUT2D eigenvalue weighted by Gasteiger charge is -2.16. The molecule has 1 aliphatic rings. The fourth-order valence-electron chi connectivity index (χ4n) is 3.05. The molecule has 0 aliphatic heterocycles. The Morgan fingerprint density at radius 1 is 1.50 bits per heavy atom. The Bertz CT molecular complexity index is 496. The molecule has 6 nitrogen and oxygen atoms in total. The second-order valence-electron chi connectivity index (χ2n) is 6.17. The number of rotatable bonds is 5. The number of aryl methyl sites for hydroxylation is 1. The van der Waals surface area contributed by atoms with E-state index < -0.39 is 0 Å². The maximum absolute atomic E-state index is 11.3. The van der Waals surface area contributed by atoms with Gasteiger partial charge in [0.1, 0.15) is 5.69 Å². The standard InChI is InChI=1S/C14H24N4O2/c1-9(2)12-13(18(19)20)14(17(4)16-12)15-8-11-7-5-6-10(11)3/h9-11,15H,5-8H2,1-4H3. The van der Waals surface area contributed by atoms with Gasteiger partial charge in [0.25, 0.3) is 0 Å². The van der Waals surface area contributed by atoms with Crippen LogP contribution in [0.1, 0.15) is 51.6 Å². The molecule has 2 unspecified atom stereocenters. The van der Waals surface area contributed by atoms with Crippen molar-refractivity contribution in [1.29, 1.82) is 0 Å². The Balaban J connectivity index is 2.20. The highest BCUT2D eigenvalue weighted by Gasteiger charge is 2.30. The van der Waals surface area contributed by atoms with Crippen LogP contribution in [0.2, 0.25) is 0 Å². The Morgan fingerprint density at radius 2 is 2.20 bits per heavy atom. The lowest BCUT2D eigenvalue weighted by molar-refractivity contribution is -0.384. The first-order valence-corrected chi connectivity index (χ1v) is 7.37. The number of nitrogens with zero attached hydrogens (tertiary/aromatic N) is 3. The average molecular weight is 280 g/mol. The van der Waals surface area contributed by atoms with Gasteiger partial charge in [-0.25, -0.2) is 4.68 Å². The molecule has 20 heavy (non-hydrogen) atoms. The minimum Gasteiger partial charge on any atom is -0.364 e. The molecule has 1 aromatic heterocycles. The van der Waals surface area contributed by atoms with Crippen molar-refractivity contribution in [3.8, 4) is 0 Å². The first-order chi connectivity index (χ1) is 9.41. The fraction of sp³-hybridized carbons (Fsp3) is 0.786. The van der Waals surface area contributed by atoms with E-state index in [1.165, 1.54) is 19.3 Å². The first kappa shape index (κ1) is 14.8. The van der Waals surface area contributed by atoms with Gasteiger partial charge in [0.15, 0.2) is 0 Å². The molecular weight excluding hydrogens is 256 g/mol. The Hall–Kier alpha value is -1.59. The Labute approximate surface area is 119 Å². The van der Waals surface area contributed by atoms with Gasteiger partial charge in [-0.05, 0) is 18.3 Å². The predicted molar refractivity (Wildman–Crippen MR) is 78.9 cm³/mol. The number of hydrogen-bond donors (Lipinski definition) is 1. The monoisotopic (exact) mass is 280 g/mol. The molecule has 2 rings (SSSR count). The second kappa shape index (κ2) is 5.81. The van der Waals surface area contributed by atoms with Crippen LogP contribution in [0.3, 0.4) is 0 Å². The number of nitrogens with one attached hydrogen (secondary N) is 1. The van der Waals surface area contributed by atoms with Crippen molar-refractivity contribution in [3.05, 3.63) is 15.8 Å². The largest absolute Gasteiger partial charge is 0.364 e. The van der Waals surface area contributed by atoms with Gasteiger partial charge in [-0.1, -0.05) is 33.6 Å². The van der Waals surface area contributed by atoms with Crippen molar-refractivity contribution in [2.24, 2.45) is 18.9 Å². The van der Waals surface area contributed by atoms with Gasteiger partial charge < -0.3 is 5.32 Å². The molecule has 0 amide bonds. The molecule has 0 aromatic carbocycles. The van der Waals surface area contributed by atoms with Crippen LogP contribution in [0.15, 0.2) is 0 Å². The fourth-order valence-corrected chi connectivity index (χ4v) is 3.05. The highest BCUT2D eigenvalue weighted by Crippen LogP contribution is 2.35. The first-order valence-electron chi connectivity index (χ1n) is 7.37. The van der Waals surface area contributed by atoms with Gasteiger partial charge in [-0.2, -0.15) is 5.10 Å². The van der Waals surface area contributed by atoms with Crippen LogP contribution in [-0.4, -0.2) is 21.2 Å². The van der Waals surface area contributed by atoms with Crippen molar-refractivity contribution in [2.75, 3.05) is 11.9 Å². The van der Waals surface area contributed by atoms with E-state index in [9.17, 15) is 10.1 Å². The van der Waals surface area contributed by atoms with E-state index in [4.69, 9.17) is 0 Å². The van der Waals surface area contributed by atoms with Crippen molar-refractivity contribution in [2.45, 2.75) is 46.0 Å². The van der Waals surface area contributed by atoms with Gasteiger partial charge >= 0.3 is 5.69 Å². The molecule has 1 N–H and O–H groups in total. The molecule has 6 heteroatoms. The molecule has 112 valence electrons. The van der Waals surface area contributed by atoms with Crippen LogP contribution in [0.25, 0.3) is 0 Å². The number of nitro groups is 1. The lowest BCUT2D eigenvalue weighted by Crippen LogP contribution is -2.18. The third kappa shape index (κ3) is 2.78. The zero-order valence-electron chi connectivity index (χ0n) is 12.7. The number of aromatic nitrogens is 2. The summed E-state index contributed by atoms with van der Waals surface area (Å²) >= 11 is 0. The zero-order chi connectivity index (χ0) is 14.9. The van der Waals surface area contributed by atoms with Crippen molar-refractivity contribution in [1.82, 2.24) is 9.78 Å². The lowest BCUT2D eigenvalue weighted by atomic mass is 9.98. The predicted octanol–water partition coefficient (Wildman–Crippen LogP) is 3.30. The minimum absolute atomic E-state index is 0.0440. The summed E-state index contributed by atoms with van der Waals surface area (Å²) in [5.74, 6) is 1.88. The Kier molecular flexibility index (Phi) is 4.30. The third-order valence-corrected chi connectivity index (χ3v) is 4.35. The van der Waals surface area contributed by atoms with Gasteiger partial charge in [-0.3, -0.25) is 10.1 Å². The molecule has 0 saturated heterocycles. The maximum Gasteiger partial charge on any atom is 0.334 e. The Morgan fingerprint density at radius 3 is 2.70 bits per heavy atom. The molecular formula is C14H24N4O2. The molecule has 1 fully saturated rings. The van der Waals surface area contributed by atoms with Crippen LogP contribution in [0, 0.1) is 22.0 Å². The SMILES string of the molecule is CC(C)c1nn(C)c(NCC2CCCC2C)c1[N+](=O)[O-]. The van der Waals surface area contributed by atoms with Gasteiger partial charge in [0, 0.05) is 19.5 Å². The van der Waals surface area contributed by atoms with Crippen LogP contribution in [-0.2, 0) is 7.05 Å². The summed E-state index contributed by atoms with van der Waals surface area (Å²) in [7, 11) is 1.76. The smallest absolute Gasteiger partial charge is 0.334 e. The molecule has 1 heterocycles. The van der Waals surface area contributed by atoms with Crippen LogP contribution in [0.4, 0.5) is 11.5 Å². The van der Waals surface area contributed by atoms with E-state index in [1.807, 2.05) is 13.8 Å². The van der Waals surface area contributed by atoms with Gasteiger partial charge in [0.2, 0.25) is 5.82 Å². The summed E-state index contributed by atoms with van der Waals surface area (Å²) in [6.45, 7) is 6.91. The highest BCUT2D eigenvalue weighted by atomic mass is 16.6. The van der Waals surface area contributed by atoms with Crippen molar-refractivity contribution >= 4 is 11.5 Å². The molecule has 1 saturated carbocycles. The normalized spacial score (nSPS) is 22.4. The second-order valence-corrected chi connectivity index (χ2v) is 6.17. The van der Waals surface area contributed by atoms with E-state index in [0.29, 0.717) is 23.3 Å². The molecule has 1 aromatic rings. The van der Waals surface area contributed by atoms with Crippen LogP contribution in [0.5, 0.6) is 0 Å². The number of anilines is 1. The summed E-state index contributed by atoms with van der Waals surface area (Å²) in [5, 5.41) is 18.9. The highest BCUT2D eigenvalue weighted by molar-refractivity contribution is 5.60. The summed E-state index contributed by atoms with van der Waals surface area (Å²) < 4.78 is 1.60. The summed E-state index contributed by atoms with van der Waals surface area (Å²) in [4.78, 5) is 11.0. The summed E-state index contributed by atoms with van der Waals surface area (Å²) in [6.07, 6.45) is 3.73. The maximum atomic E-state index is 11.3. The topological polar surface area (TPSA) is 73.0 Å². The average Bonchev–Trinajstić information content (AvgIpc) is 2.90. The zero-order valence-corrected chi connectivity index (χ0v) is 12.7. The molecule has 0 spiro atoms. The van der Waals surface area contributed by atoms with Gasteiger partial charge in [0.05, 0.1) is 4.92 Å². The van der Waals surface area contributed by atoms with E-state index >= 15 is 0 Å². The molecule has 2 atom stereocenters. The van der Waals surface area contributed by atoms with Crippen LogP contribution < -0.4 is 5.32 Å². The van der Waals surface area contributed by atoms with Crippen LogP contribution >= 0.6 is 0 Å². The minimum atomic E-state index is -0.317. The molecule has 1 aliphatic carbocycles. The number of hydrogen-bond acceptors (Lipinski definition) is 4. The molecule has 0 bridgehead atoms. The van der Waals surface area contributed by atoms with E-state index in [-0.39, 0.29) is 16.5 Å². The van der Waals surface area contributed by atoms with Crippen molar-refractivity contribution < 1.29 is 4.92 Å². The van der Waals surface area contributed by atoms with E-state index in [1.54, 1.807) is 11.7 Å². The van der Waals surface area contributed by atoms with Crippen molar-refractivity contribution in [3.63, 3.8) is 0 Å².